The molecule has 3 aliphatic rings. The predicted octanol–water partition coefficient (Wildman–Crippen LogP) is 2.95. The molecule has 1 aromatic carbocycles. The number of nitrogens with zero attached hydrogens (tertiary/aromatic N) is 2. The van der Waals surface area contributed by atoms with Gasteiger partial charge >= 0.3 is 5.97 Å². The van der Waals surface area contributed by atoms with E-state index < -0.39 is 40.2 Å². The summed E-state index contributed by atoms with van der Waals surface area (Å²) in [7, 11) is 0. The molecule has 3 heterocycles. The summed E-state index contributed by atoms with van der Waals surface area (Å²) in [5.74, 6) is -3.27. The molecule has 4 rings (SSSR count). The maximum absolute atomic E-state index is 14.3. The van der Waals surface area contributed by atoms with Gasteiger partial charge in [0.05, 0.1) is 29.2 Å². The molecular formula is C26H33BrN2O5S. The highest BCUT2D eigenvalue weighted by molar-refractivity contribution is 9.09. The topological polar surface area (TPSA) is 98.2 Å². The summed E-state index contributed by atoms with van der Waals surface area (Å²) in [5, 5.41) is 20.3. The highest BCUT2D eigenvalue weighted by Crippen LogP contribution is 2.68. The fraction of sp³-hybridized carbons (Fsp3) is 0.577. The highest BCUT2D eigenvalue weighted by Gasteiger charge is 2.76. The van der Waals surface area contributed by atoms with Gasteiger partial charge in [-0.2, -0.15) is 0 Å². The number of thioether (sulfide) groups is 1. The molecule has 0 aromatic heterocycles. The van der Waals surface area contributed by atoms with E-state index >= 15 is 0 Å². The maximum atomic E-state index is 14.3. The fourth-order valence-electron chi connectivity index (χ4n) is 6.13. The van der Waals surface area contributed by atoms with Gasteiger partial charge in [0.2, 0.25) is 11.8 Å². The zero-order valence-electron chi connectivity index (χ0n) is 20.3. The van der Waals surface area contributed by atoms with E-state index in [0.29, 0.717) is 19.4 Å². The molecule has 2 N–H and O–H groups in total. The number of rotatable bonds is 8. The van der Waals surface area contributed by atoms with Gasteiger partial charge in [0.1, 0.15) is 6.04 Å². The van der Waals surface area contributed by atoms with Gasteiger partial charge in [-0.15, -0.1) is 18.3 Å². The SMILES string of the molecule is C=CCN(C(=O)C1N([C@@H](CO)Cc2ccccc2)C(=O)[C@@H]2[C@H](C(=O)O)[C@H]3SC12CC3Br)C(C)(C)C. The van der Waals surface area contributed by atoms with Gasteiger partial charge in [-0.25, -0.2) is 0 Å². The molecule has 9 heteroatoms. The second-order valence-electron chi connectivity index (χ2n) is 10.7. The molecule has 1 spiro atoms. The van der Waals surface area contributed by atoms with Crippen molar-refractivity contribution < 1.29 is 24.6 Å². The number of hydrogen-bond acceptors (Lipinski definition) is 5. The monoisotopic (exact) mass is 564 g/mol. The largest absolute Gasteiger partial charge is 0.481 e. The third-order valence-electron chi connectivity index (χ3n) is 7.55. The first-order valence-electron chi connectivity index (χ1n) is 11.9. The van der Waals surface area contributed by atoms with Crippen molar-refractivity contribution in [1.82, 2.24) is 9.80 Å². The molecule has 2 amide bonds. The van der Waals surface area contributed by atoms with Gasteiger partial charge in [-0.1, -0.05) is 52.3 Å². The fourth-order valence-corrected chi connectivity index (χ4v) is 9.72. The van der Waals surface area contributed by atoms with Gasteiger partial charge in [0.15, 0.2) is 0 Å². The van der Waals surface area contributed by atoms with Crippen molar-refractivity contribution in [2.75, 3.05) is 13.2 Å². The molecule has 3 saturated heterocycles. The summed E-state index contributed by atoms with van der Waals surface area (Å²) in [5.41, 5.74) is 0.397. The molecule has 3 fully saturated rings. The molecule has 0 radical (unpaired) electrons. The van der Waals surface area contributed by atoms with Crippen LogP contribution in [0, 0.1) is 11.8 Å². The van der Waals surface area contributed by atoms with Gasteiger partial charge in [-0.05, 0) is 39.2 Å². The molecule has 7 atom stereocenters. The molecule has 1 aromatic rings. The lowest BCUT2D eigenvalue weighted by molar-refractivity contribution is -0.150. The van der Waals surface area contributed by atoms with Crippen LogP contribution in [0.15, 0.2) is 43.0 Å². The number of hydrogen-bond donors (Lipinski definition) is 2. The van der Waals surface area contributed by atoms with Crippen LogP contribution >= 0.6 is 27.7 Å². The predicted molar refractivity (Wildman–Crippen MR) is 139 cm³/mol. The summed E-state index contributed by atoms with van der Waals surface area (Å²) in [6.45, 7) is 9.60. The van der Waals surface area contributed by atoms with Crippen molar-refractivity contribution in [3.63, 3.8) is 0 Å². The Bertz CT molecular complexity index is 1010. The first kappa shape index (κ1) is 26.2. The Morgan fingerprint density at radius 3 is 2.54 bits per heavy atom. The van der Waals surface area contributed by atoms with Crippen molar-refractivity contribution in [3.05, 3.63) is 48.6 Å². The van der Waals surface area contributed by atoms with Crippen LogP contribution in [0.4, 0.5) is 0 Å². The zero-order chi connectivity index (χ0) is 25.7. The Balaban J connectivity index is 1.84. The number of amides is 2. The smallest absolute Gasteiger partial charge is 0.308 e. The molecule has 190 valence electrons. The summed E-state index contributed by atoms with van der Waals surface area (Å²) < 4.78 is -0.870. The Labute approximate surface area is 219 Å². The van der Waals surface area contributed by atoms with E-state index in [9.17, 15) is 24.6 Å². The van der Waals surface area contributed by atoms with Crippen LogP contribution < -0.4 is 0 Å². The Morgan fingerprint density at radius 1 is 1.34 bits per heavy atom. The average molecular weight is 566 g/mol. The quantitative estimate of drug-likeness (QED) is 0.372. The van der Waals surface area contributed by atoms with Crippen molar-refractivity contribution >= 4 is 45.5 Å². The molecular weight excluding hydrogens is 532 g/mol. The first-order valence-corrected chi connectivity index (χ1v) is 13.7. The summed E-state index contributed by atoms with van der Waals surface area (Å²) in [6, 6.07) is 8.01. The zero-order valence-corrected chi connectivity index (χ0v) is 22.7. The number of aliphatic hydroxyl groups is 1. The van der Waals surface area contributed by atoms with Gasteiger partial charge < -0.3 is 20.0 Å². The van der Waals surface area contributed by atoms with E-state index in [4.69, 9.17) is 0 Å². The second-order valence-corrected chi connectivity index (χ2v) is 13.4. The van der Waals surface area contributed by atoms with Gasteiger partial charge in [0.25, 0.3) is 0 Å². The van der Waals surface area contributed by atoms with Crippen LogP contribution in [0.25, 0.3) is 0 Å². The van der Waals surface area contributed by atoms with Crippen molar-refractivity contribution in [2.45, 2.75) is 66.1 Å². The number of carbonyl (C=O) groups is 3. The van der Waals surface area contributed by atoms with Crippen LogP contribution in [0.5, 0.6) is 0 Å². The molecule has 7 nitrogen and oxygen atoms in total. The van der Waals surface area contributed by atoms with Gasteiger partial charge in [-0.3, -0.25) is 14.4 Å². The molecule has 0 saturated carbocycles. The van der Waals surface area contributed by atoms with Crippen LogP contribution in [0.2, 0.25) is 0 Å². The van der Waals surface area contributed by atoms with E-state index in [0.717, 1.165) is 5.56 Å². The van der Waals surface area contributed by atoms with E-state index in [1.54, 1.807) is 11.0 Å². The first-order chi connectivity index (χ1) is 16.5. The van der Waals surface area contributed by atoms with Crippen LogP contribution in [-0.4, -0.2) is 83.4 Å². The molecule has 35 heavy (non-hydrogen) atoms. The van der Waals surface area contributed by atoms with Crippen molar-refractivity contribution in [3.8, 4) is 0 Å². The lowest BCUT2D eigenvalue weighted by Crippen LogP contribution is -2.61. The van der Waals surface area contributed by atoms with E-state index in [2.05, 4.69) is 22.5 Å². The lowest BCUT2D eigenvalue weighted by Gasteiger charge is -2.43. The third kappa shape index (κ3) is 4.23. The molecule has 3 unspecified atom stereocenters. The number of aliphatic hydroxyl groups excluding tert-OH is 1. The number of carbonyl (C=O) groups excluding carboxylic acids is 2. The Kier molecular flexibility index (Phi) is 7.16. The number of carboxylic acids is 1. The summed E-state index contributed by atoms with van der Waals surface area (Å²) in [6.07, 6.45) is 2.56. The Morgan fingerprint density at radius 2 is 2.00 bits per heavy atom. The maximum Gasteiger partial charge on any atom is 0.308 e. The highest BCUT2D eigenvalue weighted by atomic mass is 79.9. The number of aliphatic carboxylic acids is 1. The van der Waals surface area contributed by atoms with Gasteiger partial charge in [0, 0.05) is 22.2 Å². The molecule has 2 bridgehead atoms. The number of likely N-dealkylation sites (tertiary alicyclic amines) is 1. The minimum Gasteiger partial charge on any atom is -0.481 e. The second kappa shape index (κ2) is 9.56. The minimum atomic E-state index is -1.01. The lowest BCUT2D eigenvalue weighted by atomic mass is 9.71. The number of carboxylic acid groups (broad SMARTS) is 1. The van der Waals surface area contributed by atoms with Crippen molar-refractivity contribution in [1.29, 1.82) is 0 Å². The van der Waals surface area contributed by atoms with E-state index in [1.807, 2.05) is 51.1 Å². The third-order valence-corrected chi connectivity index (χ3v) is 10.8. The normalized spacial score (nSPS) is 32.4. The molecule has 3 aliphatic heterocycles. The van der Waals surface area contributed by atoms with Crippen LogP contribution in [0.1, 0.15) is 32.8 Å². The standard InChI is InChI=1S/C26H33BrN2O5S/c1-5-11-28(25(2,3)4)23(32)21-26-13-17(27)20(35-26)18(24(33)34)19(26)22(31)29(21)16(14-30)12-15-9-7-6-8-10-15/h5-10,16-21,30H,1,11-14H2,2-4H3,(H,33,34)/t16-,17?,18+,19+,20+,21?,26?/m1/s1. The number of halogens is 1. The van der Waals surface area contributed by atoms with Crippen LogP contribution in [-0.2, 0) is 20.8 Å². The Hall–Kier alpha value is -1.84. The summed E-state index contributed by atoms with van der Waals surface area (Å²) >= 11 is 5.14. The molecule has 0 aliphatic carbocycles. The van der Waals surface area contributed by atoms with Crippen LogP contribution in [0.3, 0.4) is 0 Å². The van der Waals surface area contributed by atoms with E-state index in [1.165, 1.54) is 16.7 Å². The number of alkyl halides is 1. The number of benzene rings is 1. The number of fused-ring (bicyclic) bond motifs is 1. The summed E-state index contributed by atoms with van der Waals surface area (Å²) in [4.78, 5) is 43.9. The minimum absolute atomic E-state index is 0.114. The van der Waals surface area contributed by atoms with E-state index in [-0.39, 0.29) is 28.5 Å². The van der Waals surface area contributed by atoms with Crippen molar-refractivity contribution in [2.24, 2.45) is 11.8 Å². The average Bonchev–Trinajstić information content (AvgIpc) is 3.39.